The molecule has 23 heavy (non-hydrogen) atoms. The quantitative estimate of drug-likeness (QED) is 0.838. The summed E-state index contributed by atoms with van der Waals surface area (Å²) >= 11 is 0. The first-order chi connectivity index (χ1) is 11.3. The molecule has 1 aromatic rings. The summed E-state index contributed by atoms with van der Waals surface area (Å²) in [5, 5.41) is 4.81. The second-order valence-electron chi connectivity index (χ2n) is 7.42. The molecular formula is C18H27N3O2. The van der Waals surface area contributed by atoms with Gasteiger partial charge in [-0.15, -0.1) is 0 Å². The highest BCUT2D eigenvalue weighted by atomic mass is 16.5. The average Bonchev–Trinajstić information content (AvgIpc) is 3.09. The maximum absolute atomic E-state index is 12.7. The Morgan fingerprint density at radius 1 is 1.26 bits per heavy atom. The number of rotatable bonds is 5. The summed E-state index contributed by atoms with van der Waals surface area (Å²) in [6, 6.07) is 0. The molecule has 4 rings (SSSR count). The third kappa shape index (κ3) is 3.03. The number of methoxy groups -OCH3 is 1. The van der Waals surface area contributed by atoms with E-state index < -0.39 is 0 Å². The predicted molar refractivity (Wildman–Crippen MR) is 86.7 cm³/mol. The Morgan fingerprint density at radius 2 is 2.04 bits per heavy atom. The summed E-state index contributed by atoms with van der Waals surface area (Å²) in [7, 11) is 1.72. The Morgan fingerprint density at radius 3 is 2.74 bits per heavy atom. The van der Waals surface area contributed by atoms with Gasteiger partial charge in [0.1, 0.15) is 0 Å². The molecule has 0 spiro atoms. The zero-order chi connectivity index (χ0) is 15.8. The van der Waals surface area contributed by atoms with Gasteiger partial charge in [0.25, 0.3) is 0 Å². The van der Waals surface area contributed by atoms with Gasteiger partial charge < -0.3 is 9.64 Å². The number of aromatic nitrogens is 2. The molecular weight excluding hydrogens is 290 g/mol. The van der Waals surface area contributed by atoms with Crippen molar-refractivity contribution in [3.8, 4) is 0 Å². The minimum atomic E-state index is 0.268. The van der Waals surface area contributed by atoms with E-state index in [1.54, 1.807) is 7.11 Å². The highest BCUT2D eigenvalue weighted by Crippen LogP contribution is 2.33. The summed E-state index contributed by atoms with van der Waals surface area (Å²) in [6.45, 7) is 3.17. The Hall–Kier alpha value is -1.36. The van der Waals surface area contributed by atoms with Crippen molar-refractivity contribution in [3.63, 3.8) is 0 Å². The van der Waals surface area contributed by atoms with E-state index in [0.717, 1.165) is 50.5 Å². The van der Waals surface area contributed by atoms with Crippen molar-refractivity contribution in [2.24, 2.45) is 11.8 Å². The lowest BCUT2D eigenvalue weighted by Crippen LogP contribution is -2.39. The van der Waals surface area contributed by atoms with E-state index in [2.05, 4.69) is 9.58 Å². The molecule has 1 amide bonds. The fraction of sp³-hybridized carbons (Fsp3) is 0.778. The maximum atomic E-state index is 12.7. The van der Waals surface area contributed by atoms with Gasteiger partial charge >= 0.3 is 0 Å². The van der Waals surface area contributed by atoms with E-state index >= 15 is 0 Å². The molecule has 0 aromatic carbocycles. The fourth-order valence-corrected chi connectivity index (χ4v) is 4.13. The van der Waals surface area contributed by atoms with E-state index in [1.165, 1.54) is 36.9 Å². The third-order valence-corrected chi connectivity index (χ3v) is 5.64. The molecule has 0 atom stereocenters. The van der Waals surface area contributed by atoms with Crippen LogP contribution in [0.15, 0.2) is 0 Å². The van der Waals surface area contributed by atoms with Crippen LogP contribution in [0.5, 0.6) is 0 Å². The lowest BCUT2D eigenvalue weighted by atomic mass is 10.0. The van der Waals surface area contributed by atoms with Crippen LogP contribution in [0.4, 0.5) is 0 Å². The molecule has 0 N–H and O–H groups in total. The van der Waals surface area contributed by atoms with Crippen LogP contribution >= 0.6 is 0 Å². The predicted octanol–water partition coefficient (Wildman–Crippen LogP) is 2.51. The normalized spacial score (nSPS) is 21.7. The lowest BCUT2D eigenvalue weighted by molar-refractivity contribution is -0.136. The number of carbonyl (C=O) groups excluding carboxylic acids is 1. The van der Waals surface area contributed by atoms with Gasteiger partial charge in [-0.2, -0.15) is 5.10 Å². The lowest BCUT2D eigenvalue weighted by Gasteiger charge is -2.30. The number of amides is 1. The molecule has 2 saturated carbocycles. The molecule has 3 aliphatic rings. The van der Waals surface area contributed by atoms with Crippen molar-refractivity contribution in [1.82, 2.24) is 14.7 Å². The minimum Gasteiger partial charge on any atom is -0.378 e. The van der Waals surface area contributed by atoms with Crippen LogP contribution in [0.3, 0.4) is 0 Å². The monoisotopic (exact) mass is 317 g/mol. The molecule has 0 unspecified atom stereocenters. The zero-order valence-electron chi connectivity index (χ0n) is 14.1. The molecule has 5 nitrogen and oxygen atoms in total. The summed E-state index contributed by atoms with van der Waals surface area (Å²) < 4.78 is 7.55. The Kier molecular flexibility index (Phi) is 4.14. The second-order valence-corrected chi connectivity index (χ2v) is 7.42. The van der Waals surface area contributed by atoms with Crippen molar-refractivity contribution in [1.29, 1.82) is 0 Å². The molecule has 2 fully saturated rings. The zero-order valence-corrected chi connectivity index (χ0v) is 14.1. The molecule has 0 radical (unpaired) electrons. The molecule has 2 heterocycles. The Labute approximate surface area is 138 Å². The van der Waals surface area contributed by atoms with Crippen LogP contribution in [-0.2, 0) is 35.6 Å². The minimum absolute atomic E-state index is 0.268. The van der Waals surface area contributed by atoms with Crippen molar-refractivity contribution in [2.45, 2.75) is 64.6 Å². The van der Waals surface area contributed by atoms with Crippen LogP contribution in [0, 0.1) is 11.8 Å². The van der Waals surface area contributed by atoms with Gasteiger partial charge in [-0.3, -0.25) is 9.48 Å². The molecule has 1 aliphatic heterocycles. The molecule has 0 bridgehead atoms. The van der Waals surface area contributed by atoms with Crippen molar-refractivity contribution in [3.05, 3.63) is 17.0 Å². The van der Waals surface area contributed by atoms with Crippen LogP contribution in [-0.4, -0.2) is 34.2 Å². The smallest absolute Gasteiger partial charge is 0.225 e. The number of hydrogen-bond donors (Lipinski definition) is 0. The molecule has 0 saturated heterocycles. The van der Waals surface area contributed by atoms with E-state index in [9.17, 15) is 4.79 Å². The van der Waals surface area contributed by atoms with Gasteiger partial charge in [-0.25, -0.2) is 0 Å². The van der Waals surface area contributed by atoms with Crippen molar-refractivity contribution < 1.29 is 9.53 Å². The van der Waals surface area contributed by atoms with Gasteiger partial charge in [-0.1, -0.05) is 12.8 Å². The topological polar surface area (TPSA) is 47.4 Å². The van der Waals surface area contributed by atoms with Crippen LogP contribution in [0.1, 0.15) is 55.5 Å². The van der Waals surface area contributed by atoms with Crippen LogP contribution < -0.4 is 0 Å². The van der Waals surface area contributed by atoms with Gasteiger partial charge in [0.15, 0.2) is 0 Å². The molecule has 126 valence electrons. The van der Waals surface area contributed by atoms with Gasteiger partial charge in [0, 0.05) is 50.3 Å². The summed E-state index contributed by atoms with van der Waals surface area (Å²) in [5.74, 6) is 1.45. The van der Waals surface area contributed by atoms with E-state index in [-0.39, 0.29) is 5.92 Å². The summed E-state index contributed by atoms with van der Waals surface area (Å²) in [4.78, 5) is 14.8. The number of carbonyl (C=O) groups is 1. The van der Waals surface area contributed by atoms with Crippen LogP contribution in [0.2, 0.25) is 0 Å². The first-order valence-electron chi connectivity index (χ1n) is 9.11. The van der Waals surface area contributed by atoms with Crippen LogP contribution in [0.25, 0.3) is 0 Å². The number of nitrogens with zero attached hydrogens (tertiary/aromatic N) is 3. The number of hydrogen-bond acceptors (Lipinski definition) is 3. The fourth-order valence-electron chi connectivity index (χ4n) is 4.13. The van der Waals surface area contributed by atoms with E-state index in [4.69, 9.17) is 9.84 Å². The van der Waals surface area contributed by atoms with Gasteiger partial charge in [0.05, 0.1) is 12.3 Å². The highest BCUT2D eigenvalue weighted by molar-refractivity contribution is 5.79. The number of ether oxygens (including phenoxy) is 1. The highest BCUT2D eigenvalue weighted by Gasteiger charge is 2.33. The summed E-state index contributed by atoms with van der Waals surface area (Å²) in [5.41, 5.74) is 3.64. The maximum Gasteiger partial charge on any atom is 0.225 e. The summed E-state index contributed by atoms with van der Waals surface area (Å²) in [6.07, 6.45) is 8.19. The third-order valence-electron chi connectivity index (χ3n) is 5.64. The first kappa shape index (κ1) is 15.2. The van der Waals surface area contributed by atoms with Gasteiger partial charge in [0.2, 0.25) is 5.91 Å². The Balaban J connectivity index is 1.54. The van der Waals surface area contributed by atoms with Crippen molar-refractivity contribution in [2.75, 3.05) is 13.7 Å². The largest absolute Gasteiger partial charge is 0.378 e. The average molecular weight is 317 g/mol. The number of fused-ring (bicyclic) bond motifs is 1. The first-order valence-corrected chi connectivity index (χ1v) is 9.11. The van der Waals surface area contributed by atoms with Gasteiger partial charge in [-0.05, 0) is 31.6 Å². The standard InChI is InChI=1S/C18H27N3O2/c1-23-12-16-15-11-20(18(22)14-4-2-3-5-14)9-8-17(15)21(19-16)10-13-6-7-13/h13-14H,2-12H2,1H3. The molecule has 5 heteroatoms. The molecule has 2 aliphatic carbocycles. The Bertz CT molecular complexity index is 585. The second kappa shape index (κ2) is 6.27. The van der Waals surface area contributed by atoms with E-state index in [0.29, 0.717) is 12.5 Å². The van der Waals surface area contributed by atoms with E-state index in [1.807, 2.05) is 0 Å². The SMILES string of the molecule is COCc1nn(CC2CC2)c2c1CN(C(=O)C1CCCC1)CC2. The van der Waals surface area contributed by atoms with Crippen molar-refractivity contribution >= 4 is 5.91 Å². The molecule has 1 aromatic heterocycles.